The lowest BCUT2D eigenvalue weighted by Crippen LogP contribution is -2.19. The average molecular weight is 390 g/mol. The van der Waals surface area contributed by atoms with Crippen molar-refractivity contribution in [3.8, 4) is 0 Å². The highest BCUT2D eigenvalue weighted by molar-refractivity contribution is 7.92. The fourth-order valence-electron chi connectivity index (χ4n) is 2.15. The molecule has 128 valence electrons. The lowest BCUT2D eigenvalue weighted by molar-refractivity contribution is 0.187. The van der Waals surface area contributed by atoms with Gasteiger partial charge in [-0.2, -0.15) is 8.42 Å². The maximum absolute atomic E-state index is 14.2. The molecule has 2 heterocycles. The summed E-state index contributed by atoms with van der Waals surface area (Å²) in [7, 11) is -2.44. The first-order valence-corrected chi connectivity index (χ1v) is 9.88. The first kappa shape index (κ1) is 17.2. The van der Waals surface area contributed by atoms with Gasteiger partial charge in [-0.25, -0.2) is 8.78 Å². The summed E-state index contributed by atoms with van der Waals surface area (Å²) in [6.45, 7) is 0.423. The van der Waals surface area contributed by atoms with Gasteiger partial charge < -0.3 is 9.30 Å². The van der Waals surface area contributed by atoms with Crippen molar-refractivity contribution >= 4 is 42.9 Å². The first-order valence-electron chi connectivity index (χ1n) is 6.74. The SMILES string of the molecule is COCCn1c(=NS(=O)(=O)c2cccs2)sc2cc(F)cc(F)c21. The Morgan fingerprint density at radius 3 is 2.79 bits per heavy atom. The smallest absolute Gasteiger partial charge is 0.294 e. The minimum absolute atomic E-state index is 0.0694. The largest absolute Gasteiger partial charge is 0.383 e. The summed E-state index contributed by atoms with van der Waals surface area (Å²) in [5.74, 6) is -1.50. The van der Waals surface area contributed by atoms with Crippen LogP contribution in [0.4, 0.5) is 8.78 Å². The summed E-state index contributed by atoms with van der Waals surface area (Å²) in [5, 5.41) is 1.63. The molecule has 0 aliphatic rings. The van der Waals surface area contributed by atoms with E-state index >= 15 is 0 Å². The van der Waals surface area contributed by atoms with E-state index in [4.69, 9.17) is 4.74 Å². The number of halogens is 2. The number of rotatable bonds is 5. The van der Waals surface area contributed by atoms with Crippen molar-refractivity contribution in [1.82, 2.24) is 4.57 Å². The molecule has 0 radical (unpaired) electrons. The molecule has 5 nitrogen and oxygen atoms in total. The van der Waals surface area contributed by atoms with E-state index in [0.29, 0.717) is 0 Å². The van der Waals surface area contributed by atoms with Crippen LogP contribution in [-0.2, 0) is 21.3 Å². The molecular formula is C14H12F2N2O3S3. The molecule has 0 unspecified atom stereocenters. The monoisotopic (exact) mass is 390 g/mol. The van der Waals surface area contributed by atoms with E-state index in [1.54, 1.807) is 11.4 Å². The van der Waals surface area contributed by atoms with E-state index < -0.39 is 21.7 Å². The van der Waals surface area contributed by atoms with Crippen molar-refractivity contribution in [3.05, 3.63) is 46.1 Å². The molecule has 0 saturated heterocycles. The van der Waals surface area contributed by atoms with Gasteiger partial charge in [0.25, 0.3) is 10.0 Å². The topological polar surface area (TPSA) is 60.7 Å². The number of benzene rings is 1. The lowest BCUT2D eigenvalue weighted by atomic mass is 10.3. The van der Waals surface area contributed by atoms with E-state index in [0.717, 1.165) is 34.8 Å². The highest BCUT2D eigenvalue weighted by atomic mass is 32.2. The first-order chi connectivity index (χ1) is 11.4. The number of hydrogen-bond acceptors (Lipinski definition) is 5. The maximum Gasteiger partial charge on any atom is 0.294 e. The molecule has 0 spiro atoms. The van der Waals surface area contributed by atoms with Crippen molar-refractivity contribution in [1.29, 1.82) is 0 Å². The van der Waals surface area contributed by atoms with Crippen LogP contribution in [0.1, 0.15) is 0 Å². The molecule has 0 bridgehead atoms. The molecule has 0 fully saturated rings. The minimum atomic E-state index is -3.91. The Balaban J connectivity index is 2.27. The van der Waals surface area contributed by atoms with Crippen LogP contribution in [-0.4, -0.2) is 26.7 Å². The summed E-state index contributed by atoms with van der Waals surface area (Å²) < 4.78 is 62.9. The van der Waals surface area contributed by atoms with Gasteiger partial charge in [-0.05, 0) is 17.5 Å². The quantitative estimate of drug-likeness (QED) is 0.673. The molecule has 1 aromatic carbocycles. The van der Waals surface area contributed by atoms with Gasteiger partial charge in [-0.1, -0.05) is 17.4 Å². The Bertz CT molecular complexity index is 1040. The Kier molecular flexibility index (Phi) is 4.81. The second-order valence-electron chi connectivity index (χ2n) is 4.76. The molecule has 0 N–H and O–H groups in total. The minimum Gasteiger partial charge on any atom is -0.383 e. The van der Waals surface area contributed by atoms with Crippen LogP contribution in [0.2, 0.25) is 0 Å². The molecule has 0 atom stereocenters. The van der Waals surface area contributed by atoms with Gasteiger partial charge in [0.05, 0.1) is 16.8 Å². The molecule has 0 saturated carbocycles. The fourth-order valence-corrected chi connectivity index (χ4v) is 5.41. The van der Waals surface area contributed by atoms with E-state index in [1.807, 2.05) is 0 Å². The third-order valence-corrected chi connectivity index (χ3v) is 6.94. The number of ether oxygens (including phenoxy) is 1. The summed E-state index contributed by atoms with van der Waals surface area (Å²) in [6.07, 6.45) is 0. The van der Waals surface area contributed by atoms with Gasteiger partial charge in [0.1, 0.15) is 10.0 Å². The van der Waals surface area contributed by atoms with Crippen LogP contribution in [0.25, 0.3) is 10.2 Å². The third-order valence-electron chi connectivity index (χ3n) is 3.16. The zero-order chi connectivity index (χ0) is 17.3. The van der Waals surface area contributed by atoms with Gasteiger partial charge in [0.2, 0.25) is 4.80 Å². The Morgan fingerprint density at radius 1 is 1.33 bits per heavy atom. The summed E-state index contributed by atoms with van der Waals surface area (Å²) >= 11 is 1.95. The van der Waals surface area contributed by atoms with Crippen LogP contribution in [0.3, 0.4) is 0 Å². The fraction of sp³-hybridized carbons (Fsp3) is 0.214. The van der Waals surface area contributed by atoms with Crippen LogP contribution < -0.4 is 4.80 Å². The molecule has 3 rings (SSSR count). The standard InChI is InChI=1S/C14H12F2N2O3S3/c1-21-5-4-18-13-10(16)7-9(15)8-11(13)23-14(18)17-24(19,20)12-3-2-6-22-12/h2-3,6-8H,4-5H2,1H3. The number of aromatic nitrogens is 1. The Hall–Kier alpha value is -1.62. The second kappa shape index (κ2) is 6.71. The van der Waals surface area contributed by atoms with Gasteiger partial charge in [-0.15, -0.1) is 15.7 Å². The van der Waals surface area contributed by atoms with E-state index in [9.17, 15) is 17.2 Å². The molecule has 10 heteroatoms. The average Bonchev–Trinajstić information content (AvgIpc) is 3.13. The maximum atomic E-state index is 14.2. The van der Waals surface area contributed by atoms with Crippen LogP contribution >= 0.6 is 22.7 Å². The summed E-state index contributed by atoms with van der Waals surface area (Å²) in [5.41, 5.74) is 0.110. The zero-order valence-corrected chi connectivity index (χ0v) is 14.9. The zero-order valence-electron chi connectivity index (χ0n) is 12.4. The number of thiazole rings is 1. The van der Waals surface area contributed by atoms with Crippen LogP contribution in [0.5, 0.6) is 0 Å². The molecule has 2 aromatic heterocycles. The number of methoxy groups -OCH3 is 1. The number of sulfonamides is 1. The lowest BCUT2D eigenvalue weighted by Gasteiger charge is -2.05. The van der Waals surface area contributed by atoms with Crippen molar-refractivity contribution in [3.63, 3.8) is 0 Å². The molecule has 3 aromatic rings. The summed E-state index contributed by atoms with van der Waals surface area (Å²) in [6, 6.07) is 4.96. The normalized spacial score (nSPS) is 13.0. The van der Waals surface area contributed by atoms with E-state index in [2.05, 4.69) is 4.40 Å². The van der Waals surface area contributed by atoms with E-state index in [1.165, 1.54) is 17.7 Å². The van der Waals surface area contributed by atoms with Gasteiger partial charge in [0, 0.05) is 19.7 Å². The molecule has 0 aliphatic heterocycles. The molecule has 24 heavy (non-hydrogen) atoms. The predicted octanol–water partition coefficient (Wildman–Crippen LogP) is 2.98. The van der Waals surface area contributed by atoms with Crippen molar-refractivity contribution in [2.75, 3.05) is 13.7 Å². The molecular weight excluding hydrogens is 378 g/mol. The number of thiophene rings is 1. The highest BCUT2D eigenvalue weighted by Crippen LogP contribution is 2.23. The Morgan fingerprint density at radius 2 is 2.12 bits per heavy atom. The van der Waals surface area contributed by atoms with Crippen molar-refractivity contribution in [2.45, 2.75) is 10.8 Å². The third kappa shape index (κ3) is 3.27. The predicted molar refractivity (Wildman–Crippen MR) is 88.7 cm³/mol. The number of hydrogen-bond donors (Lipinski definition) is 0. The van der Waals surface area contributed by atoms with Gasteiger partial charge in [0.15, 0.2) is 5.82 Å². The van der Waals surface area contributed by atoms with Crippen molar-refractivity contribution in [2.24, 2.45) is 4.40 Å². The van der Waals surface area contributed by atoms with Crippen molar-refractivity contribution < 1.29 is 21.9 Å². The molecule has 0 amide bonds. The number of nitrogens with zero attached hydrogens (tertiary/aromatic N) is 2. The van der Waals surface area contributed by atoms with Crippen LogP contribution in [0, 0.1) is 11.6 Å². The second-order valence-corrected chi connectivity index (χ2v) is 8.55. The Labute approximate surface area is 144 Å². The molecule has 0 aliphatic carbocycles. The van der Waals surface area contributed by atoms with Crippen LogP contribution in [0.15, 0.2) is 38.3 Å². The summed E-state index contributed by atoms with van der Waals surface area (Å²) in [4.78, 5) is 0.0694. The number of fused-ring (bicyclic) bond motifs is 1. The van der Waals surface area contributed by atoms with Gasteiger partial charge in [-0.3, -0.25) is 0 Å². The highest BCUT2D eigenvalue weighted by Gasteiger charge is 2.17. The van der Waals surface area contributed by atoms with Gasteiger partial charge >= 0.3 is 0 Å². The van der Waals surface area contributed by atoms with E-state index in [-0.39, 0.29) is 32.4 Å².